The van der Waals surface area contributed by atoms with Crippen LogP contribution >= 0.6 is 0 Å². The fourth-order valence-electron chi connectivity index (χ4n) is 1.50. The molecule has 1 rings (SSSR count). The summed E-state index contributed by atoms with van der Waals surface area (Å²) in [6, 6.07) is -0.0648. The molecule has 1 saturated heterocycles. The van der Waals surface area contributed by atoms with Gasteiger partial charge in [0.05, 0.1) is 6.61 Å². The molecular weight excluding hydrogens is 180 g/mol. The van der Waals surface area contributed by atoms with Gasteiger partial charge in [0.15, 0.2) is 0 Å². The van der Waals surface area contributed by atoms with Crippen molar-refractivity contribution in [1.29, 1.82) is 0 Å². The largest absolute Gasteiger partial charge is 0.383 e. The highest BCUT2D eigenvalue weighted by Crippen LogP contribution is 2.18. The van der Waals surface area contributed by atoms with Crippen molar-refractivity contribution in [2.24, 2.45) is 5.14 Å². The van der Waals surface area contributed by atoms with Crippen LogP contribution in [0.5, 0.6) is 0 Å². The van der Waals surface area contributed by atoms with E-state index in [1.165, 1.54) is 4.31 Å². The van der Waals surface area contributed by atoms with Crippen molar-refractivity contribution in [3.05, 3.63) is 0 Å². The van der Waals surface area contributed by atoms with Crippen molar-refractivity contribution in [3.63, 3.8) is 0 Å². The van der Waals surface area contributed by atoms with Gasteiger partial charge in [-0.05, 0) is 12.8 Å². The van der Waals surface area contributed by atoms with Crippen LogP contribution in [0.25, 0.3) is 0 Å². The van der Waals surface area contributed by atoms with E-state index in [9.17, 15) is 8.42 Å². The summed E-state index contributed by atoms with van der Waals surface area (Å²) in [5.41, 5.74) is 0. The highest BCUT2D eigenvalue weighted by atomic mass is 32.2. The Bertz CT molecular complexity index is 239. The second-order valence-corrected chi connectivity index (χ2v) is 4.41. The van der Waals surface area contributed by atoms with Gasteiger partial charge in [-0.25, -0.2) is 5.14 Å². The lowest BCUT2D eigenvalue weighted by Gasteiger charge is -2.20. The number of hydrogen-bond acceptors (Lipinski definition) is 3. The molecule has 1 heterocycles. The van der Waals surface area contributed by atoms with Gasteiger partial charge in [-0.1, -0.05) is 0 Å². The smallest absolute Gasteiger partial charge is 0.277 e. The normalized spacial score (nSPS) is 26.3. The molecule has 0 amide bonds. The molecule has 72 valence electrons. The molecule has 1 aliphatic heterocycles. The van der Waals surface area contributed by atoms with Gasteiger partial charge in [0.2, 0.25) is 0 Å². The molecule has 0 aromatic heterocycles. The number of methoxy groups -OCH3 is 1. The maximum Gasteiger partial charge on any atom is 0.277 e. The Morgan fingerprint density at radius 1 is 1.67 bits per heavy atom. The molecule has 0 radical (unpaired) electrons. The van der Waals surface area contributed by atoms with E-state index in [4.69, 9.17) is 9.88 Å². The zero-order chi connectivity index (χ0) is 9.19. The van der Waals surface area contributed by atoms with E-state index in [0.717, 1.165) is 12.8 Å². The lowest BCUT2D eigenvalue weighted by molar-refractivity contribution is 0.149. The van der Waals surface area contributed by atoms with Crippen LogP contribution in [-0.2, 0) is 14.9 Å². The summed E-state index contributed by atoms with van der Waals surface area (Å²) in [7, 11) is -1.97. The average molecular weight is 194 g/mol. The van der Waals surface area contributed by atoms with Gasteiger partial charge in [0.25, 0.3) is 10.2 Å². The minimum absolute atomic E-state index is 0.0648. The molecule has 12 heavy (non-hydrogen) atoms. The highest BCUT2D eigenvalue weighted by molar-refractivity contribution is 7.86. The number of ether oxygens (including phenoxy) is 1. The van der Waals surface area contributed by atoms with Crippen LogP contribution in [0.3, 0.4) is 0 Å². The Morgan fingerprint density at radius 3 is 2.83 bits per heavy atom. The van der Waals surface area contributed by atoms with Crippen LogP contribution < -0.4 is 5.14 Å². The standard InChI is InChI=1S/C6H14N2O3S/c1-11-5-6-3-2-4-8(6)12(7,9)10/h6H,2-5H2,1H3,(H2,7,9,10)/t6-/m0/s1. The minimum Gasteiger partial charge on any atom is -0.383 e. The summed E-state index contributed by atoms with van der Waals surface area (Å²) >= 11 is 0. The third-order valence-electron chi connectivity index (χ3n) is 2.01. The Labute approximate surface area is 72.7 Å². The monoisotopic (exact) mass is 194 g/mol. The minimum atomic E-state index is -3.52. The molecule has 1 fully saturated rings. The lowest BCUT2D eigenvalue weighted by atomic mass is 10.2. The molecule has 1 aliphatic rings. The van der Waals surface area contributed by atoms with E-state index >= 15 is 0 Å². The van der Waals surface area contributed by atoms with Gasteiger partial charge in [-0.3, -0.25) is 0 Å². The van der Waals surface area contributed by atoms with Gasteiger partial charge in [-0.2, -0.15) is 12.7 Å². The third kappa shape index (κ3) is 2.16. The van der Waals surface area contributed by atoms with Crippen molar-refractivity contribution in [1.82, 2.24) is 4.31 Å². The Hall–Kier alpha value is -0.170. The summed E-state index contributed by atoms with van der Waals surface area (Å²) in [5, 5.41) is 5.00. The first-order valence-corrected chi connectivity index (χ1v) is 5.34. The summed E-state index contributed by atoms with van der Waals surface area (Å²) in [4.78, 5) is 0. The average Bonchev–Trinajstić information content (AvgIpc) is 2.34. The van der Waals surface area contributed by atoms with Gasteiger partial charge in [0.1, 0.15) is 0 Å². The Balaban J connectivity index is 2.64. The first-order valence-electron chi connectivity index (χ1n) is 3.84. The number of hydrogen-bond donors (Lipinski definition) is 1. The number of nitrogens with two attached hydrogens (primary N) is 1. The molecule has 0 bridgehead atoms. The second-order valence-electron chi connectivity index (χ2n) is 2.91. The van der Waals surface area contributed by atoms with Crippen LogP contribution in [0.15, 0.2) is 0 Å². The number of nitrogens with zero attached hydrogens (tertiary/aromatic N) is 1. The predicted molar refractivity (Wildman–Crippen MR) is 44.7 cm³/mol. The SMILES string of the molecule is COC[C@@H]1CCCN1S(N)(=O)=O. The third-order valence-corrected chi connectivity index (χ3v) is 3.14. The van der Waals surface area contributed by atoms with E-state index in [1.807, 2.05) is 0 Å². The molecule has 0 aromatic rings. The van der Waals surface area contributed by atoms with E-state index in [-0.39, 0.29) is 6.04 Å². The van der Waals surface area contributed by atoms with Gasteiger partial charge >= 0.3 is 0 Å². The molecule has 6 heteroatoms. The fraction of sp³-hybridized carbons (Fsp3) is 1.00. The van der Waals surface area contributed by atoms with Gasteiger partial charge in [-0.15, -0.1) is 0 Å². The van der Waals surface area contributed by atoms with E-state index in [1.54, 1.807) is 7.11 Å². The summed E-state index contributed by atoms with van der Waals surface area (Å²) < 4.78 is 28.1. The van der Waals surface area contributed by atoms with E-state index in [2.05, 4.69) is 0 Å². The second kappa shape index (κ2) is 3.69. The van der Waals surface area contributed by atoms with Crippen molar-refractivity contribution < 1.29 is 13.2 Å². The molecule has 2 N–H and O–H groups in total. The maximum atomic E-state index is 11.0. The molecule has 0 saturated carbocycles. The first kappa shape index (κ1) is 9.91. The van der Waals surface area contributed by atoms with Crippen LogP contribution in [0, 0.1) is 0 Å². The van der Waals surface area contributed by atoms with Crippen molar-refractivity contribution in [2.75, 3.05) is 20.3 Å². The molecule has 5 nitrogen and oxygen atoms in total. The quantitative estimate of drug-likeness (QED) is 0.645. The van der Waals surface area contributed by atoms with Crippen LogP contribution in [0.4, 0.5) is 0 Å². The van der Waals surface area contributed by atoms with Crippen molar-refractivity contribution in [3.8, 4) is 0 Å². The van der Waals surface area contributed by atoms with E-state index in [0.29, 0.717) is 13.2 Å². The van der Waals surface area contributed by atoms with Crippen LogP contribution in [0.1, 0.15) is 12.8 Å². The van der Waals surface area contributed by atoms with Crippen molar-refractivity contribution >= 4 is 10.2 Å². The summed E-state index contributed by atoms with van der Waals surface area (Å²) in [6.07, 6.45) is 1.70. The van der Waals surface area contributed by atoms with Crippen LogP contribution in [0.2, 0.25) is 0 Å². The highest BCUT2D eigenvalue weighted by Gasteiger charge is 2.31. The number of rotatable bonds is 3. The van der Waals surface area contributed by atoms with E-state index < -0.39 is 10.2 Å². The molecular formula is C6H14N2O3S. The van der Waals surface area contributed by atoms with Gasteiger partial charge in [0, 0.05) is 19.7 Å². The lowest BCUT2D eigenvalue weighted by Crippen LogP contribution is -2.42. The maximum absolute atomic E-state index is 11.0. The van der Waals surface area contributed by atoms with Crippen LogP contribution in [-0.4, -0.2) is 39.0 Å². The van der Waals surface area contributed by atoms with Crippen molar-refractivity contribution in [2.45, 2.75) is 18.9 Å². The fourth-order valence-corrected chi connectivity index (χ4v) is 2.47. The summed E-state index contributed by atoms with van der Waals surface area (Å²) in [6.45, 7) is 0.948. The molecule has 1 atom stereocenters. The molecule has 0 spiro atoms. The zero-order valence-corrected chi connectivity index (χ0v) is 7.88. The predicted octanol–water partition coefficient (Wildman–Crippen LogP) is -0.699. The van der Waals surface area contributed by atoms with Gasteiger partial charge < -0.3 is 4.74 Å². The summed E-state index contributed by atoms with van der Waals surface area (Å²) in [5.74, 6) is 0. The molecule has 0 unspecified atom stereocenters. The Morgan fingerprint density at radius 2 is 2.33 bits per heavy atom. The zero-order valence-electron chi connectivity index (χ0n) is 7.06. The molecule has 0 aromatic carbocycles. The first-order chi connectivity index (χ1) is 5.55. The Kier molecular flexibility index (Phi) is 3.05. The topological polar surface area (TPSA) is 72.6 Å². The molecule has 0 aliphatic carbocycles.